The van der Waals surface area contributed by atoms with Gasteiger partial charge < -0.3 is 9.30 Å². The third-order valence-corrected chi connectivity index (χ3v) is 4.55. The van der Waals surface area contributed by atoms with Gasteiger partial charge in [-0.05, 0) is 53.8 Å². The molecular weight excluding hydrogens is 332 g/mol. The van der Waals surface area contributed by atoms with Crippen molar-refractivity contribution in [3.63, 3.8) is 0 Å². The van der Waals surface area contributed by atoms with Gasteiger partial charge >= 0.3 is 0 Å². The minimum Gasteiger partial charge on any atom is -0.497 e. The van der Waals surface area contributed by atoms with E-state index in [1.807, 2.05) is 30.6 Å². The van der Waals surface area contributed by atoms with E-state index in [9.17, 15) is 0 Å². The molecule has 0 bridgehead atoms. The predicted octanol–water partition coefficient (Wildman–Crippen LogP) is 5.02. The first-order valence-electron chi connectivity index (χ1n) is 8.96. The molecule has 4 aromatic rings. The third kappa shape index (κ3) is 4.02. The molecule has 3 heteroatoms. The lowest BCUT2D eigenvalue weighted by molar-refractivity contribution is 0.414. The Morgan fingerprint density at radius 2 is 1.89 bits per heavy atom. The van der Waals surface area contributed by atoms with Crippen molar-refractivity contribution in [1.82, 2.24) is 9.55 Å². The maximum absolute atomic E-state index is 5.18. The van der Waals surface area contributed by atoms with Crippen molar-refractivity contribution < 1.29 is 4.74 Å². The molecule has 0 amide bonds. The number of hydrogen-bond acceptors (Lipinski definition) is 2. The Kier molecular flexibility index (Phi) is 4.89. The standard InChI is InChI=1S/C24H20N2O/c1-27-24-10-6-19(7-11-24)4-2-3-5-20-13-15-26(18-20)23-9-8-22-17-25-14-12-21(22)16-23/h6-18H,2,4H2,1H3. The van der Waals surface area contributed by atoms with Crippen molar-refractivity contribution in [2.75, 3.05) is 7.11 Å². The zero-order valence-electron chi connectivity index (χ0n) is 15.2. The van der Waals surface area contributed by atoms with Gasteiger partial charge in [-0.2, -0.15) is 0 Å². The van der Waals surface area contributed by atoms with Crippen LogP contribution in [0.5, 0.6) is 5.75 Å². The van der Waals surface area contributed by atoms with E-state index in [0.29, 0.717) is 0 Å². The molecule has 27 heavy (non-hydrogen) atoms. The molecule has 2 heterocycles. The van der Waals surface area contributed by atoms with Crippen molar-refractivity contribution in [3.8, 4) is 23.3 Å². The van der Waals surface area contributed by atoms with Crippen LogP contribution in [0.4, 0.5) is 0 Å². The largest absolute Gasteiger partial charge is 0.497 e. The molecule has 3 nitrogen and oxygen atoms in total. The van der Waals surface area contributed by atoms with Crippen LogP contribution in [0.3, 0.4) is 0 Å². The van der Waals surface area contributed by atoms with Crippen LogP contribution in [0.25, 0.3) is 16.5 Å². The van der Waals surface area contributed by atoms with E-state index in [0.717, 1.165) is 35.2 Å². The number of fused-ring (bicyclic) bond motifs is 1. The van der Waals surface area contributed by atoms with E-state index in [-0.39, 0.29) is 0 Å². The summed E-state index contributed by atoms with van der Waals surface area (Å²) in [6.45, 7) is 0. The van der Waals surface area contributed by atoms with Gasteiger partial charge in [0.2, 0.25) is 0 Å². The fourth-order valence-corrected chi connectivity index (χ4v) is 3.03. The number of benzene rings is 2. The van der Waals surface area contributed by atoms with E-state index in [2.05, 4.69) is 70.2 Å². The molecule has 0 radical (unpaired) electrons. The summed E-state index contributed by atoms with van der Waals surface area (Å²) in [7, 11) is 1.68. The van der Waals surface area contributed by atoms with Crippen molar-refractivity contribution in [2.24, 2.45) is 0 Å². The maximum Gasteiger partial charge on any atom is 0.118 e. The van der Waals surface area contributed by atoms with Gasteiger partial charge in [-0.25, -0.2) is 0 Å². The van der Waals surface area contributed by atoms with Crippen LogP contribution in [-0.4, -0.2) is 16.7 Å². The molecule has 132 valence electrons. The Hall–Kier alpha value is -3.51. The SMILES string of the molecule is COc1ccc(CCC#Cc2ccn(-c3ccc4cnccc4c3)c2)cc1. The number of aromatic nitrogens is 2. The molecule has 0 aliphatic carbocycles. The van der Waals surface area contributed by atoms with Gasteiger partial charge in [-0.1, -0.05) is 30.0 Å². The molecule has 2 aromatic carbocycles. The predicted molar refractivity (Wildman–Crippen MR) is 109 cm³/mol. The Morgan fingerprint density at radius 3 is 2.74 bits per heavy atom. The Bertz CT molecular complexity index is 1110. The summed E-state index contributed by atoms with van der Waals surface area (Å²) in [5, 5.41) is 2.33. The van der Waals surface area contributed by atoms with Crippen LogP contribution >= 0.6 is 0 Å². The molecule has 0 spiro atoms. The Balaban J connectivity index is 1.42. The molecule has 0 saturated heterocycles. The summed E-state index contributed by atoms with van der Waals surface area (Å²) in [6.07, 6.45) is 9.60. The summed E-state index contributed by atoms with van der Waals surface area (Å²) >= 11 is 0. The highest BCUT2D eigenvalue weighted by molar-refractivity contribution is 5.83. The first kappa shape index (κ1) is 16.9. The summed E-state index contributed by atoms with van der Waals surface area (Å²) in [5.74, 6) is 7.41. The van der Waals surface area contributed by atoms with E-state index in [4.69, 9.17) is 4.74 Å². The van der Waals surface area contributed by atoms with Crippen LogP contribution < -0.4 is 4.74 Å². The molecule has 0 fully saturated rings. The molecule has 0 N–H and O–H groups in total. The maximum atomic E-state index is 5.18. The molecular formula is C24H20N2O. The number of methoxy groups -OCH3 is 1. The highest BCUT2D eigenvalue weighted by atomic mass is 16.5. The number of rotatable bonds is 4. The highest BCUT2D eigenvalue weighted by Gasteiger charge is 2.00. The van der Waals surface area contributed by atoms with E-state index in [1.165, 1.54) is 10.9 Å². The number of nitrogens with zero attached hydrogens (tertiary/aromatic N) is 2. The quantitative estimate of drug-likeness (QED) is 0.482. The molecule has 4 rings (SSSR count). The van der Waals surface area contributed by atoms with Crippen LogP contribution in [-0.2, 0) is 6.42 Å². The normalized spacial score (nSPS) is 10.4. The Morgan fingerprint density at radius 1 is 1.00 bits per heavy atom. The van der Waals surface area contributed by atoms with Gasteiger partial charge in [0.25, 0.3) is 0 Å². The second-order valence-corrected chi connectivity index (χ2v) is 6.36. The summed E-state index contributed by atoms with van der Waals surface area (Å²) < 4.78 is 7.29. The van der Waals surface area contributed by atoms with Crippen molar-refractivity contribution in [3.05, 3.63) is 90.5 Å². The first-order chi connectivity index (χ1) is 13.3. The minimum absolute atomic E-state index is 0.834. The van der Waals surface area contributed by atoms with Crippen molar-refractivity contribution >= 4 is 10.8 Å². The topological polar surface area (TPSA) is 27.1 Å². The lowest BCUT2D eigenvalue weighted by Crippen LogP contribution is -1.89. The van der Waals surface area contributed by atoms with Crippen LogP contribution in [0, 0.1) is 11.8 Å². The van der Waals surface area contributed by atoms with Gasteiger partial charge in [-0.15, -0.1) is 0 Å². The number of pyridine rings is 1. The summed E-state index contributed by atoms with van der Waals surface area (Å²) in [5.41, 5.74) is 3.42. The lowest BCUT2D eigenvalue weighted by atomic mass is 10.1. The van der Waals surface area contributed by atoms with E-state index in [1.54, 1.807) is 7.11 Å². The number of ether oxygens (including phenoxy) is 1. The summed E-state index contributed by atoms with van der Waals surface area (Å²) in [4.78, 5) is 4.16. The molecule has 0 aliphatic heterocycles. The molecule has 0 saturated carbocycles. The zero-order valence-corrected chi connectivity index (χ0v) is 15.2. The second-order valence-electron chi connectivity index (χ2n) is 6.36. The smallest absolute Gasteiger partial charge is 0.118 e. The van der Waals surface area contributed by atoms with Crippen molar-refractivity contribution in [1.29, 1.82) is 0 Å². The van der Waals surface area contributed by atoms with Gasteiger partial charge in [0.15, 0.2) is 0 Å². The molecule has 0 unspecified atom stereocenters. The van der Waals surface area contributed by atoms with Crippen LogP contribution in [0.1, 0.15) is 17.5 Å². The zero-order chi connectivity index (χ0) is 18.5. The van der Waals surface area contributed by atoms with Gasteiger partial charge in [0.05, 0.1) is 7.11 Å². The first-order valence-corrected chi connectivity index (χ1v) is 8.96. The highest BCUT2D eigenvalue weighted by Crippen LogP contribution is 2.18. The van der Waals surface area contributed by atoms with Gasteiger partial charge in [0, 0.05) is 47.8 Å². The van der Waals surface area contributed by atoms with Crippen molar-refractivity contribution in [2.45, 2.75) is 12.8 Å². The number of hydrogen-bond donors (Lipinski definition) is 0. The van der Waals surface area contributed by atoms with E-state index < -0.39 is 0 Å². The number of aryl methyl sites for hydroxylation is 1. The third-order valence-electron chi connectivity index (χ3n) is 4.55. The van der Waals surface area contributed by atoms with Gasteiger partial charge in [-0.3, -0.25) is 4.98 Å². The molecule has 0 atom stereocenters. The monoisotopic (exact) mass is 352 g/mol. The molecule has 0 aliphatic rings. The average molecular weight is 352 g/mol. The van der Waals surface area contributed by atoms with Gasteiger partial charge in [0.1, 0.15) is 5.75 Å². The average Bonchev–Trinajstić information content (AvgIpc) is 3.20. The minimum atomic E-state index is 0.834. The summed E-state index contributed by atoms with van der Waals surface area (Å²) in [6, 6.07) is 18.6. The lowest BCUT2D eigenvalue weighted by Gasteiger charge is -2.04. The van der Waals surface area contributed by atoms with E-state index >= 15 is 0 Å². The fourth-order valence-electron chi connectivity index (χ4n) is 3.03. The van der Waals surface area contributed by atoms with Crippen LogP contribution in [0.15, 0.2) is 79.4 Å². The second kappa shape index (κ2) is 7.80. The fraction of sp³-hybridized carbons (Fsp3) is 0.125. The van der Waals surface area contributed by atoms with Crippen LogP contribution in [0.2, 0.25) is 0 Å². The Labute approximate surface area is 159 Å². The molecule has 2 aromatic heterocycles.